The highest BCUT2D eigenvalue weighted by atomic mass is 16.7. The second-order valence-corrected chi connectivity index (χ2v) is 6.37. The van der Waals surface area contributed by atoms with Crippen molar-refractivity contribution in [3.8, 4) is 28.6 Å². The summed E-state index contributed by atoms with van der Waals surface area (Å²) in [5, 5.41) is 0. The maximum atomic E-state index is 12.7. The SMILES string of the molecule is CCOC(=O)c1nc(-c2ccc3c(c2)OCO3)nc(N2CCOCC2)c1OCC. The molecule has 0 atom stereocenters. The van der Waals surface area contributed by atoms with Crippen molar-refractivity contribution in [2.24, 2.45) is 0 Å². The highest BCUT2D eigenvalue weighted by Crippen LogP contribution is 2.37. The smallest absolute Gasteiger partial charge is 0.361 e. The lowest BCUT2D eigenvalue weighted by atomic mass is 10.1. The molecule has 0 radical (unpaired) electrons. The van der Waals surface area contributed by atoms with Gasteiger partial charge in [0.25, 0.3) is 0 Å². The molecule has 0 saturated carbocycles. The molecular formula is C20H23N3O6. The molecule has 0 aliphatic carbocycles. The lowest BCUT2D eigenvalue weighted by molar-refractivity contribution is 0.0514. The maximum Gasteiger partial charge on any atom is 0.361 e. The van der Waals surface area contributed by atoms with Crippen LogP contribution < -0.4 is 19.1 Å². The number of ether oxygens (including phenoxy) is 5. The van der Waals surface area contributed by atoms with Crippen molar-refractivity contribution in [1.29, 1.82) is 0 Å². The molecule has 9 heteroatoms. The first kappa shape index (κ1) is 19.3. The van der Waals surface area contributed by atoms with E-state index in [4.69, 9.17) is 28.7 Å². The molecule has 0 unspecified atom stereocenters. The zero-order valence-corrected chi connectivity index (χ0v) is 16.5. The van der Waals surface area contributed by atoms with Crippen molar-refractivity contribution in [2.75, 3.05) is 51.2 Å². The van der Waals surface area contributed by atoms with Crippen molar-refractivity contribution in [2.45, 2.75) is 13.8 Å². The average molecular weight is 401 g/mol. The Kier molecular flexibility index (Phi) is 5.66. The van der Waals surface area contributed by atoms with Crippen LogP contribution in [0, 0.1) is 0 Å². The van der Waals surface area contributed by atoms with Gasteiger partial charge in [-0.05, 0) is 32.0 Å². The van der Waals surface area contributed by atoms with Crippen LogP contribution in [-0.2, 0) is 9.47 Å². The topological polar surface area (TPSA) is 92.2 Å². The van der Waals surface area contributed by atoms with Gasteiger partial charge in [0.1, 0.15) is 0 Å². The number of esters is 1. The number of carbonyl (C=O) groups is 1. The van der Waals surface area contributed by atoms with Gasteiger partial charge in [0, 0.05) is 18.7 Å². The highest BCUT2D eigenvalue weighted by molar-refractivity contribution is 5.93. The Balaban J connectivity index is 1.84. The predicted molar refractivity (Wildman–Crippen MR) is 104 cm³/mol. The van der Waals surface area contributed by atoms with Gasteiger partial charge in [0.15, 0.2) is 34.6 Å². The summed E-state index contributed by atoms with van der Waals surface area (Å²) < 4.78 is 27.3. The Bertz CT molecular complexity index is 898. The van der Waals surface area contributed by atoms with E-state index in [0.29, 0.717) is 67.4 Å². The van der Waals surface area contributed by atoms with Crippen molar-refractivity contribution in [3.63, 3.8) is 0 Å². The largest absolute Gasteiger partial charge is 0.488 e. The van der Waals surface area contributed by atoms with Gasteiger partial charge in [-0.25, -0.2) is 14.8 Å². The number of aromatic nitrogens is 2. The molecule has 2 aromatic rings. The van der Waals surface area contributed by atoms with Crippen LogP contribution in [0.3, 0.4) is 0 Å². The van der Waals surface area contributed by atoms with Crippen LogP contribution in [-0.4, -0.2) is 62.2 Å². The summed E-state index contributed by atoms with van der Waals surface area (Å²) in [6.45, 7) is 6.81. The normalized spacial score (nSPS) is 15.3. The summed E-state index contributed by atoms with van der Waals surface area (Å²) in [5.74, 6) is 2.01. The second-order valence-electron chi connectivity index (χ2n) is 6.37. The zero-order valence-electron chi connectivity index (χ0n) is 16.5. The van der Waals surface area contributed by atoms with Crippen LogP contribution in [0.2, 0.25) is 0 Å². The number of benzene rings is 1. The van der Waals surface area contributed by atoms with Gasteiger partial charge in [-0.1, -0.05) is 0 Å². The molecule has 1 fully saturated rings. The van der Waals surface area contributed by atoms with Crippen molar-refractivity contribution in [3.05, 3.63) is 23.9 Å². The summed E-state index contributed by atoms with van der Waals surface area (Å²) in [4.78, 5) is 23.9. The summed E-state index contributed by atoms with van der Waals surface area (Å²) >= 11 is 0. The molecule has 0 bridgehead atoms. The van der Waals surface area contributed by atoms with Gasteiger partial charge < -0.3 is 28.6 Å². The van der Waals surface area contributed by atoms with Gasteiger partial charge in [-0.15, -0.1) is 0 Å². The first-order valence-corrected chi connectivity index (χ1v) is 9.66. The number of anilines is 1. The standard InChI is InChI=1S/C20H23N3O6/c1-3-26-17-16(20(24)27-4-2)21-18(22-19(17)23-7-9-25-10-8-23)13-5-6-14-15(11-13)29-12-28-14/h5-6,11H,3-4,7-10,12H2,1-2H3. The van der Waals surface area contributed by atoms with Gasteiger partial charge in [-0.2, -0.15) is 0 Å². The quantitative estimate of drug-likeness (QED) is 0.676. The zero-order chi connectivity index (χ0) is 20.2. The van der Waals surface area contributed by atoms with E-state index in [1.807, 2.05) is 17.9 Å². The van der Waals surface area contributed by atoms with Gasteiger partial charge in [-0.3, -0.25) is 0 Å². The summed E-state index contributed by atoms with van der Waals surface area (Å²) in [7, 11) is 0. The van der Waals surface area contributed by atoms with E-state index < -0.39 is 5.97 Å². The third-order valence-corrected chi connectivity index (χ3v) is 4.55. The number of nitrogens with zero attached hydrogens (tertiary/aromatic N) is 3. The lowest BCUT2D eigenvalue weighted by Crippen LogP contribution is -2.37. The molecule has 3 heterocycles. The molecule has 0 N–H and O–H groups in total. The van der Waals surface area contributed by atoms with E-state index in [-0.39, 0.29) is 19.1 Å². The van der Waals surface area contributed by atoms with E-state index in [2.05, 4.69) is 4.98 Å². The molecule has 4 rings (SSSR count). The third kappa shape index (κ3) is 3.91. The predicted octanol–water partition coefficient (Wildman–Crippen LogP) is 2.28. The monoisotopic (exact) mass is 401 g/mol. The minimum absolute atomic E-state index is 0.109. The molecule has 2 aliphatic rings. The van der Waals surface area contributed by atoms with Gasteiger partial charge >= 0.3 is 5.97 Å². The van der Waals surface area contributed by atoms with Gasteiger partial charge in [0.2, 0.25) is 6.79 Å². The second kappa shape index (κ2) is 8.52. The summed E-state index contributed by atoms with van der Waals surface area (Å²) in [5.41, 5.74) is 0.815. The minimum atomic E-state index is -0.546. The number of rotatable bonds is 6. The van der Waals surface area contributed by atoms with Gasteiger partial charge in [0.05, 0.1) is 26.4 Å². The molecule has 1 saturated heterocycles. The molecule has 154 valence electrons. The Labute approximate surface area is 168 Å². The fraction of sp³-hybridized carbons (Fsp3) is 0.450. The van der Waals surface area contributed by atoms with Crippen molar-refractivity contribution < 1.29 is 28.5 Å². The number of fused-ring (bicyclic) bond motifs is 1. The van der Waals surface area contributed by atoms with Crippen LogP contribution in [0.1, 0.15) is 24.3 Å². The number of morpholine rings is 1. The Hall–Kier alpha value is -3.07. The molecular weight excluding hydrogens is 378 g/mol. The first-order valence-electron chi connectivity index (χ1n) is 9.66. The molecule has 9 nitrogen and oxygen atoms in total. The highest BCUT2D eigenvalue weighted by Gasteiger charge is 2.28. The number of hydrogen-bond acceptors (Lipinski definition) is 9. The van der Waals surface area contributed by atoms with E-state index in [9.17, 15) is 4.79 Å². The molecule has 2 aliphatic heterocycles. The van der Waals surface area contributed by atoms with E-state index in [1.54, 1.807) is 19.1 Å². The Morgan fingerprint density at radius 1 is 1.10 bits per heavy atom. The summed E-state index contributed by atoms with van der Waals surface area (Å²) in [6.07, 6.45) is 0. The molecule has 1 aromatic heterocycles. The lowest BCUT2D eigenvalue weighted by Gasteiger charge is -2.29. The summed E-state index contributed by atoms with van der Waals surface area (Å²) in [6, 6.07) is 5.44. The van der Waals surface area contributed by atoms with E-state index in [0.717, 1.165) is 0 Å². The molecule has 29 heavy (non-hydrogen) atoms. The van der Waals surface area contributed by atoms with E-state index in [1.165, 1.54) is 0 Å². The Morgan fingerprint density at radius 2 is 1.90 bits per heavy atom. The van der Waals surface area contributed by atoms with E-state index >= 15 is 0 Å². The first-order chi connectivity index (χ1) is 14.2. The van der Waals surface area contributed by atoms with Crippen molar-refractivity contribution in [1.82, 2.24) is 9.97 Å². The van der Waals surface area contributed by atoms with Crippen LogP contribution >= 0.6 is 0 Å². The Morgan fingerprint density at radius 3 is 2.66 bits per heavy atom. The average Bonchev–Trinajstić information content (AvgIpc) is 3.22. The van der Waals surface area contributed by atoms with Crippen LogP contribution in [0.25, 0.3) is 11.4 Å². The van der Waals surface area contributed by atoms with Crippen molar-refractivity contribution >= 4 is 11.8 Å². The third-order valence-electron chi connectivity index (χ3n) is 4.55. The molecule has 0 amide bonds. The van der Waals surface area contributed by atoms with Crippen LogP contribution in [0.5, 0.6) is 17.2 Å². The number of hydrogen-bond donors (Lipinski definition) is 0. The molecule has 1 aromatic carbocycles. The fourth-order valence-corrected chi connectivity index (χ4v) is 3.21. The number of carbonyl (C=O) groups excluding carboxylic acids is 1. The minimum Gasteiger partial charge on any atom is -0.488 e. The molecule has 0 spiro atoms. The maximum absolute atomic E-state index is 12.7. The van der Waals surface area contributed by atoms with Crippen LogP contribution in [0.15, 0.2) is 18.2 Å². The van der Waals surface area contributed by atoms with Crippen LogP contribution in [0.4, 0.5) is 5.82 Å². The fourth-order valence-electron chi connectivity index (χ4n) is 3.21.